The second kappa shape index (κ2) is 9.30. The van der Waals surface area contributed by atoms with Crippen LogP contribution in [0.15, 0.2) is 41.6 Å². The van der Waals surface area contributed by atoms with E-state index in [9.17, 15) is 17.6 Å². The number of halogens is 1. The number of hydrogen-bond acceptors (Lipinski definition) is 6. The summed E-state index contributed by atoms with van der Waals surface area (Å²) < 4.78 is 48.4. The summed E-state index contributed by atoms with van der Waals surface area (Å²) in [7, 11) is -0.882. The number of carbonyl (C=O) groups is 1. The van der Waals surface area contributed by atoms with E-state index in [-0.39, 0.29) is 23.0 Å². The van der Waals surface area contributed by atoms with Gasteiger partial charge in [-0.1, -0.05) is 12.1 Å². The van der Waals surface area contributed by atoms with Gasteiger partial charge in [-0.05, 0) is 42.5 Å². The van der Waals surface area contributed by atoms with Crippen molar-refractivity contribution < 1.29 is 27.2 Å². The van der Waals surface area contributed by atoms with Crippen LogP contribution < -0.4 is 0 Å². The zero-order chi connectivity index (χ0) is 24.7. The third-order valence-electron chi connectivity index (χ3n) is 6.39. The van der Waals surface area contributed by atoms with Gasteiger partial charge in [0.2, 0.25) is 10.0 Å². The largest absolute Gasteiger partial charge is 0.350 e. The molecule has 1 aromatic carbocycles. The van der Waals surface area contributed by atoms with Crippen molar-refractivity contribution in [2.75, 3.05) is 27.2 Å². The number of nitrogens with zero attached hydrogens (tertiary/aromatic N) is 4. The topological polar surface area (TPSA) is 94.0 Å². The van der Waals surface area contributed by atoms with Crippen LogP contribution in [0.5, 0.6) is 0 Å². The monoisotopic (exact) mass is 502 g/mol. The Kier molecular flexibility index (Phi) is 6.34. The lowest BCUT2D eigenvalue weighted by Crippen LogP contribution is -2.42. The van der Waals surface area contributed by atoms with Gasteiger partial charge in [-0.15, -0.1) is 0 Å². The molecule has 5 rings (SSSR count). The maximum Gasteiger partial charge on any atom is 0.296 e. The summed E-state index contributed by atoms with van der Waals surface area (Å²) >= 11 is 0. The first-order valence-corrected chi connectivity index (χ1v) is 13.0. The molecule has 2 aromatic heterocycles. The molecule has 1 saturated heterocycles. The molecule has 2 aliphatic rings. The van der Waals surface area contributed by atoms with Gasteiger partial charge in [-0.3, -0.25) is 4.79 Å². The molecule has 0 saturated carbocycles. The number of hydroxylamine groups is 2. The Balaban J connectivity index is 1.57. The van der Waals surface area contributed by atoms with Crippen molar-refractivity contribution in [3.05, 3.63) is 59.3 Å². The van der Waals surface area contributed by atoms with Gasteiger partial charge in [-0.25, -0.2) is 32.0 Å². The summed E-state index contributed by atoms with van der Waals surface area (Å²) in [6.07, 6.45) is 5.64. The molecule has 9 nitrogen and oxygen atoms in total. The minimum absolute atomic E-state index is 0.107. The maximum absolute atomic E-state index is 13.4. The predicted molar refractivity (Wildman–Crippen MR) is 126 cm³/mol. The van der Waals surface area contributed by atoms with Crippen LogP contribution >= 0.6 is 0 Å². The Morgan fingerprint density at radius 1 is 1.23 bits per heavy atom. The predicted octanol–water partition coefficient (Wildman–Crippen LogP) is 2.93. The quantitative estimate of drug-likeness (QED) is 0.515. The van der Waals surface area contributed by atoms with Gasteiger partial charge in [0.1, 0.15) is 16.4 Å². The molecular formula is C24H27FN4O5S. The number of hydrogen-bond donors (Lipinski definition) is 0. The molecule has 0 radical (unpaired) electrons. The first-order chi connectivity index (χ1) is 16.8. The molecule has 11 heteroatoms. The minimum Gasteiger partial charge on any atom is -0.350 e. The standard InChI is InChI=1S/C24H27FN4O5S/c1-27(2)35(31,32)20-15-28(14-16-6-8-17(25)9-7-16)19-13-26-23-18(22(19)20)10-11-29(24(23)30)34-21-5-3-4-12-33-21/h6-9,13,15,21H,3-5,10-12,14H2,1-2H3. The highest BCUT2D eigenvalue weighted by molar-refractivity contribution is 7.89. The zero-order valence-electron chi connectivity index (χ0n) is 19.6. The molecule has 0 spiro atoms. The summed E-state index contributed by atoms with van der Waals surface area (Å²) in [4.78, 5) is 23.6. The van der Waals surface area contributed by atoms with E-state index in [2.05, 4.69) is 4.98 Å². The Bertz CT molecular complexity index is 1360. The second-order valence-electron chi connectivity index (χ2n) is 8.94. The minimum atomic E-state index is -3.82. The molecule has 1 atom stereocenters. The van der Waals surface area contributed by atoms with E-state index in [0.717, 1.165) is 22.7 Å². The second-order valence-corrected chi connectivity index (χ2v) is 11.1. The maximum atomic E-state index is 13.4. The normalized spacial score (nSPS) is 18.9. The van der Waals surface area contributed by atoms with E-state index in [1.807, 2.05) is 0 Å². The van der Waals surface area contributed by atoms with E-state index in [4.69, 9.17) is 9.57 Å². The average Bonchev–Trinajstić information content (AvgIpc) is 3.22. The van der Waals surface area contributed by atoms with Crippen molar-refractivity contribution in [2.45, 2.75) is 43.4 Å². The van der Waals surface area contributed by atoms with Crippen LogP contribution in [-0.4, -0.2) is 66.8 Å². The van der Waals surface area contributed by atoms with E-state index in [1.165, 1.54) is 37.5 Å². The third-order valence-corrected chi connectivity index (χ3v) is 8.22. The first kappa shape index (κ1) is 23.9. The summed E-state index contributed by atoms with van der Waals surface area (Å²) in [6.45, 7) is 1.18. The van der Waals surface area contributed by atoms with E-state index >= 15 is 0 Å². The number of ether oxygens (including phenoxy) is 1. The summed E-state index contributed by atoms with van der Waals surface area (Å²) in [6, 6.07) is 6.03. The lowest BCUT2D eigenvalue weighted by molar-refractivity contribution is -0.267. The van der Waals surface area contributed by atoms with Crippen LogP contribution in [0.25, 0.3) is 10.9 Å². The van der Waals surface area contributed by atoms with Crippen molar-refractivity contribution >= 4 is 26.8 Å². The number of fused-ring (bicyclic) bond motifs is 3. The number of pyridine rings is 1. The molecule has 1 fully saturated rings. The van der Waals surface area contributed by atoms with Crippen molar-refractivity contribution in [1.82, 2.24) is 18.9 Å². The lowest BCUT2D eigenvalue weighted by atomic mass is 10.0. The molecule has 2 aliphatic heterocycles. The van der Waals surface area contributed by atoms with Crippen LogP contribution in [0.2, 0.25) is 0 Å². The van der Waals surface area contributed by atoms with E-state index < -0.39 is 22.2 Å². The fourth-order valence-electron chi connectivity index (χ4n) is 4.52. The van der Waals surface area contributed by atoms with E-state index in [1.54, 1.807) is 22.9 Å². The molecule has 186 valence electrons. The fourth-order valence-corrected chi connectivity index (χ4v) is 5.66. The number of aromatic nitrogens is 2. The van der Waals surface area contributed by atoms with Crippen molar-refractivity contribution in [3.63, 3.8) is 0 Å². The fraction of sp³-hybridized carbons (Fsp3) is 0.417. The molecule has 0 aliphatic carbocycles. The Morgan fingerprint density at radius 2 is 2.00 bits per heavy atom. The highest BCUT2D eigenvalue weighted by atomic mass is 32.2. The Morgan fingerprint density at radius 3 is 2.69 bits per heavy atom. The molecule has 0 N–H and O–H groups in total. The van der Waals surface area contributed by atoms with Gasteiger partial charge in [0.15, 0.2) is 6.29 Å². The Hall–Kier alpha value is -2.86. The zero-order valence-corrected chi connectivity index (χ0v) is 20.4. The number of amides is 1. The smallest absolute Gasteiger partial charge is 0.296 e. The molecule has 1 amide bonds. The number of benzene rings is 1. The van der Waals surface area contributed by atoms with Crippen molar-refractivity contribution in [2.24, 2.45) is 0 Å². The molecule has 35 heavy (non-hydrogen) atoms. The first-order valence-electron chi connectivity index (χ1n) is 11.5. The van der Waals surface area contributed by atoms with Gasteiger partial charge < -0.3 is 9.30 Å². The molecule has 3 aromatic rings. The van der Waals surface area contributed by atoms with Crippen LogP contribution in [0.4, 0.5) is 4.39 Å². The van der Waals surface area contributed by atoms with Crippen molar-refractivity contribution in [3.8, 4) is 0 Å². The molecule has 0 bridgehead atoms. The van der Waals surface area contributed by atoms with Gasteiger partial charge in [0, 0.05) is 45.3 Å². The molecule has 1 unspecified atom stereocenters. The summed E-state index contributed by atoms with van der Waals surface area (Å²) in [5.74, 6) is -0.761. The van der Waals surface area contributed by atoms with Crippen LogP contribution in [0.1, 0.15) is 40.9 Å². The molecule has 4 heterocycles. The highest BCUT2D eigenvalue weighted by Crippen LogP contribution is 2.34. The van der Waals surface area contributed by atoms with Gasteiger partial charge in [0.25, 0.3) is 5.91 Å². The lowest BCUT2D eigenvalue weighted by Gasteiger charge is -2.32. The van der Waals surface area contributed by atoms with Crippen LogP contribution in [-0.2, 0) is 32.6 Å². The highest BCUT2D eigenvalue weighted by Gasteiger charge is 2.34. The number of carbonyl (C=O) groups excluding carboxylic acids is 1. The molecular weight excluding hydrogens is 475 g/mol. The Labute approximate surface area is 203 Å². The average molecular weight is 503 g/mol. The third kappa shape index (κ3) is 4.44. The van der Waals surface area contributed by atoms with Gasteiger partial charge in [0.05, 0.1) is 18.3 Å². The summed E-state index contributed by atoms with van der Waals surface area (Å²) in [5, 5.41) is 1.75. The van der Waals surface area contributed by atoms with Crippen LogP contribution in [0.3, 0.4) is 0 Å². The van der Waals surface area contributed by atoms with Gasteiger partial charge in [-0.2, -0.15) is 0 Å². The van der Waals surface area contributed by atoms with Crippen molar-refractivity contribution in [1.29, 1.82) is 0 Å². The summed E-state index contributed by atoms with van der Waals surface area (Å²) in [5.41, 5.74) is 2.15. The van der Waals surface area contributed by atoms with E-state index in [0.29, 0.717) is 42.5 Å². The number of rotatable bonds is 6. The SMILES string of the molecule is CN(C)S(=O)(=O)c1cn(Cc2ccc(F)cc2)c2cnc3c(c12)CCN(OC1CCCCO1)C3=O. The van der Waals surface area contributed by atoms with Gasteiger partial charge >= 0.3 is 0 Å². The number of sulfonamides is 1. The van der Waals surface area contributed by atoms with Crippen LogP contribution in [0, 0.1) is 5.82 Å².